The molecule has 104 valence electrons. The molecular formula is C12H9ClN2O4S. The molecule has 0 spiro atoms. The van der Waals surface area contributed by atoms with Gasteiger partial charge in [-0.2, -0.15) is 0 Å². The van der Waals surface area contributed by atoms with E-state index in [-0.39, 0.29) is 16.4 Å². The van der Waals surface area contributed by atoms with Crippen molar-refractivity contribution < 1.29 is 14.5 Å². The Bertz CT molecular complexity index is 671. The molecule has 0 aliphatic heterocycles. The fraction of sp³-hybridized carbons (Fsp3) is 0.0833. The van der Waals surface area contributed by atoms with Gasteiger partial charge in [0.25, 0.3) is 11.6 Å². The number of rotatable bonds is 4. The molecule has 1 N–H and O–H groups in total. The van der Waals surface area contributed by atoms with E-state index in [9.17, 15) is 14.9 Å². The van der Waals surface area contributed by atoms with Crippen LogP contribution in [0, 0.1) is 10.1 Å². The largest absolute Gasteiger partial charge is 0.495 e. The van der Waals surface area contributed by atoms with Crippen molar-refractivity contribution in [3.05, 3.63) is 49.7 Å². The third-order valence-corrected chi connectivity index (χ3v) is 3.59. The maximum absolute atomic E-state index is 12.1. The second kappa shape index (κ2) is 5.89. The number of amides is 1. The van der Waals surface area contributed by atoms with E-state index in [1.54, 1.807) is 11.4 Å². The van der Waals surface area contributed by atoms with Crippen molar-refractivity contribution in [1.82, 2.24) is 0 Å². The molecule has 20 heavy (non-hydrogen) atoms. The average Bonchev–Trinajstić information content (AvgIpc) is 2.89. The summed E-state index contributed by atoms with van der Waals surface area (Å²) in [5.74, 6) is -0.0496. The van der Waals surface area contributed by atoms with E-state index in [4.69, 9.17) is 16.3 Å². The highest BCUT2D eigenvalue weighted by atomic mass is 35.5. The van der Waals surface area contributed by atoms with E-state index in [2.05, 4.69) is 5.32 Å². The topological polar surface area (TPSA) is 81.5 Å². The Kier molecular flexibility index (Phi) is 4.21. The number of nitro groups is 1. The van der Waals surface area contributed by atoms with Gasteiger partial charge < -0.3 is 10.1 Å². The number of hydrogen-bond acceptors (Lipinski definition) is 5. The van der Waals surface area contributed by atoms with E-state index in [0.29, 0.717) is 10.6 Å². The molecule has 0 aliphatic rings. The second-order valence-corrected chi connectivity index (χ2v) is 5.04. The molecule has 0 fully saturated rings. The highest BCUT2D eigenvalue weighted by Crippen LogP contribution is 2.30. The summed E-state index contributed by atoms with van der Waals surface area (Å²) in [6.07, 6.45) is 0. The maximum atomic E-state index is 12.1. The number of nitrogens with zero attached hydrogens (tertiary/aromatic N) is 1. The number of thiophene rings is 1. The van der Waals surface area contributed by atoms with Crippen LogP contribution in [-0.4, -0.2) is 17.9 Å². The number of carbonyl (C=O) groups excluding carboxylic acids is 1. The van der Waals surface area contributed by atoms with Gasteiger partial charge in [0.05, 0.1) is 12.0 Å². The lowest BCUT2D eigenvalue weighted by Gasteiger charge is -2.06. The summed E-state index contributed by atoms with van der Waals surface area (Å²) in [5.41, 5.74) is -0.179. The van der Waals surface area contributed by atoms with Crippen molar-refractivity contribution >= 4 is 40.2 Å². The second-order valence-electron chi connectivity index (χ2n) is 3.69. The van der Waals surface area contributed by atoms with Crippen molar-refractivity contribution in [2.45, 2.75) is 0 Å². The van der Waals surface area contributed by atoms with Crippen molar-refractivity contribution in [2.24, 2.45) is 0 Å². The minimum Gasteiger partial charge on any atom is -0.495 e. The summed E-state index contributed by atoms with van der Waals surface area (Å²) in [5, 5.41) is 15.3. The number of hydrogen-bond donors (Lipinski definition) is 1. The lowest BCUT2D eigenvalue weighted by Crippen LogP contribution is -2.12. The number of nitro benzene ring substituents is 1. The standard InChI is InChI=1S/C12H9ClN2O4S/c1-19-10-4-5-20-11(10)12(16)14-8-3-2-7(13)6-9(8)15(17)18/h2-6H,1H3,(H,14,16). The zero-order valence-electron chi connectivity index (χ0n) is 10.3. The molecule has 8 heteroatoms. The summed E-state index contributed by atoms with van der Waals surface area (Å²) in [6.45, 7) is 0. The predicted molar refractivity (Wildman–Crippen MR) is 76.9 cm³/mol. The highest BCUT2D eigenvalue weighted by Gasteiger charge is 2.20. The molecular weight excluding hydrogens is 304 g/mol. The van der Waals surface area contributed by atoms with Gasteiger partial charge in [0.1, 0.15) is 16.3 Å². The van der Waals surface area contributed by atoms with Crippen molar-refractivity contribution in [3.63, 3.8) is 0 Å². The molecule has 0 radical (unpaired) electrons. The molecule has 0 saturated carbocycles. The van der Waals surface area contributed by atoms with Gasteiger partial charge >= 0.3 is 0 Å². The van der Waals surface area contributed by atoms with Gasteiger partial charge in [0, 0.05) is 11.1 Å². The Morgan fingerprint density at radius 1 is 1.45 bits per heavy atom. The summed E-state index contributed by atoms with van der Waals surface area (Å²) in [6, 6.07) is 5.69. The van der Waals surface area contributed by atoms with Gasteiger partial charge in [-0.25, -0.2) is 0 Å². The van der Waals surface area contributed by atoms with Crippen LogP contribution in [0.1, 0.15) is 9.67 Å². The lowest BCUT2D eigenvalue weighted by molar-refractivity contribution is -0.383. The summed E-state index contributed by atoms with van der Waals surface area (Å²) < 4.78 is 5.04. The van der Waals surface area contributed by atoms with E-state index in [0.717, 1.165) is 0 Å². The summed E-state index contributed by atoms with van der Waals surface area (Å²) >= 11 is 6.90. The molecule has 1 aromatic heterocycles. The van der Waals surface area contributed by atoms with E-state index < -0.39 is 10.8 Å². The number of benzene rings is 1. The Hall–Kier alpha value is -2.12. The van der Waals surface area contributed by atoms with Crippen LogP contribution in [0.4, 0.5) is 11.4 Å². The molecule has 2 rings (SSSR count). The molecule has 2 aromatic rings. The van der Waals surface area contributed by atoms with Crippen LogP contribution in [0.3, 0.4) is 0 Å². The fourth-order valence-electron chi connectivity index (χ4n) is 1.56. The first-order valence-electron chi connectivity index (χ1n) is 5.39. The average molecular weight is 313 g/mol. The van der Waals surface area contributed by atoms with Crippen LogP contribution >= 0.6 is 22.9 Å². The number of halogens is 1. The Morgan fingerprint density at radius 3 is 2.85 bits per heavy atom. The number of anilines is 1. The normalized spacial score (nSPS) is 10.1. The minimum absolute atomic E-state index is 0.0832. The van der Waals surface area contributed by atoms with Crippen LogP contribution in [0.2, 0.25) is 5.02 Å². The smallest absolute Gasteiger partial charge is 0.294 e. The number of ether oxygens (including phenoxy) is 1. The third-order valence-electron chi connectivity index (χ3n) is 2.46. The Balaban J connectivity index is 2.31. The van der Waals surface area contributed by atoms with Gasteiger partial charge in [0.2, 0.25) is 0 Å². The van der Waals surface area contributed by atoms with Gasteiger partial charge in [-0.1, -0.05) is 11.6 Å². The predicted octanol–water partition coefficient (Wildman–Crippen LogP) is 3.57. The van der Waals surface area contributed by atoms with Gasteiger partial charge in [-0.15, -0.1) is 11.3 Å². The summed E-state index contributed by atoms with van der Waals surface area (Å²) in [7, 11) is 1.45. The molecule has 0 atom stereocenters. The third kappa shape index (κ3) is 2.89. The van der Waals surface area contributed by atoms with Gasteiger partial charge in [0.15, 0.2) is 0 Å². The van der Waals surface area contributed by atoms with Crippen LogP contribution in [-0.2, 0) is 0 Å². The molecule has 1 amide bonds. The maximum Gasteiger partial charge on any atom is 0.294 e. The van der Waals surface area contributed by atoms with Crippen molar-refractivity contribution in [3.8, 4) is 5.75 Å². The quantitative estimate of drug-likeness (QED) is 0.691. The van der Waals surface area contributed by atoms with Gasteiger partial charge in [-0.05, 0) is 23.6 Å². The molecule has 1 aromatic carbocycles. The molecule has 0 saturated heterocycles. The first kappa shape index (κ1) is 14.3. The highest BCUT2D eigenvalue weighted by molar-refractivity contribution is 7.12. The summed E-state index contributed by atoms with van der Waals surface area (Å²) in [4.78, 5) is 22.8. The monoisotopic (exact) mass is 312 g/mol. The molecule has 0 aliphatic carbocycles. The zero-order valence-corrected chi connectivity index (χ0v) is 11.8. The molecule has 6 nitrogen and oxygen atoms in total. The SMILES string of the molecule is COc1ccsc1C(=O)Nc1ccc(Cl)cc1[N+](=O)[O-]. The lowest BCUT2D eigenvalue weighted by atomic mass is 10.2. The Morgan fingerprint density at radius 2 is 2.20 bits per heavy atom. The first-order chi connectivity index (χ1) is 9.52. The van der Waals surface area contributed by atoms with Crippen molar-refractivity contribution in [1.29, 1.82) is 0 Å². The fourth-order valence-corrected chi connectivity index (χ4v) is 2.48. The Labute approximate surface area is 123 Å². The molecule has 0 unspecified atom stereocenters. The van der Waals surface area contributed by atoms with Gasteiger partial charge in [-0.3, -0.25) is 14.9 Å². The molecule has 1 heterocycles. The van der Waals surface area contributed by atoms with E-state index in [1.807, 2.05) is 0 Å². The van der Waals surface area contributed by atoms with Crippen molar-refractivity contribution in [2.75, 3.05) is 12.4 Å². The van der Waals surface area contributed by atoms with Crippen LogP contribution < -0.4 is 10.1 Å². The minimum atomic E-state index is -0.604. The van der Waals surface area contributed by atoms with Crippen LogP contribution in [0.5, 0.6) is 5.75 Å². The number of methoxy groups -OCH3 is 1. The van der Waals surface area contributed by atoms with Crippen LogP contribution in [0.25, 0.3) is 0 Å². The van der Waals surface area contributed by atoms with E-state index >= 15 is 0 Å². The zero-order chi connectivity index (χ0) is 14.7. The molecule has 0 bridgehead atoms. The number of carbonyl (C=O) groups is 1. The van der Waals surface area contributed by atoms with Crippen LogP contribution in [0.15, 0.2) is 29.6 Å². The number of nitrogens with one attached hydrogen (secondary N) is 1. The van der Waals surface area contributed by atoms with E-state index in [1.165, 1.54) is 36.6 Å². The first-order valence-corrected chi connectivity index (χ1v) is 6.65.